The fraction of sp³-hybridized carbons (Fsp3) is 0.333. The van der Waals surface area contributed by atoms with Crippen LogP contribution in [-0.4, -0.2) is 6.29 Å². The molecule has 0 bridgehead atoms. The second-order valence-electron chi connectivity index (χ2n) is 3.19. The predicted octanol–water partition coefficient (Wildman–Crippen LogP) is 2.55. The molecule has 1 unspecified atom stereocenters. The lowest BCUT2D eigenvalue weighted by Gasteiger charge is -2.07. The zero-order valence-corrected chi connectivity index (χ0v) is 8.16. The van der Waals surface area contributed by atoms with Crippen LogP contribution >= 0.6 is 0 Å². The summed E-state index contributed by atoms with van der Waals surface area (Å²) in [4.78, 5) is 10.7. The first-order valence-corrected chi connectivity index (χ1v) is 4.69. The zero-order chi connectivity index (χ0) is 10.4. The van der Waals surface area contributed by atoms with Gasteiger partial charge in [0.2, 0.25) is 6.29 Å². The van der Waals surface area contributed by atoms with Crippen molar-refractivity contribution in [1.82, 2.24) is 0 Å². The van der Waals surface area contributed by atoms with Crippen LogP contribution in [0.15, 0.2) is 24.3 Å². The Bertz CT molecular complexity index is 334. The van der Waals surface area contributed by atoms with E-state index in [9.17, 15) is 4.79 Å². The van der Waals surface area contributed by atoms with Crippen molar-refractivity contribution in [3.8, 4) is 6.07 Å². The van der Waals surface area contributed by atoms with Gasteiger partial charge >= 0.3 is 0 Å². The highest BCUT2D eigenvalue weighted by atomic mass is 16.1. The van der Waals surface area contributed by atoms with Gasteiger partial charge in [-0.2, -0.15) is 5.26 Å². The lowest BCUT2D eigenvalue weighted by Crippen LogP contribution is -1.99. The number of hydrogen-bond donors (Lipinski definition) is 0. The fourth-order valence-electron chi connectivity index (χ4n) is 1.37. The van der Waals surface area contributed by atoms with Gasteiger partial charge < -0.3 is 0 Å². The molecule has 2 heteroatoms. The number of nitriles is 1. The van der Waals surface area contributed by atoms with Crippen molar-refractivity contribution >= 4 is 6.29 Å². The van der Waals surface area contributed by atoms with E-state index in [2.05, 4.69) is 0 Å². The van der Waals surface area contributed by atoms with Crippen LogP contribution in [0.1, 0.15) is 36.8 Å². The standard InChI is InChI=1S/C12H12NO/c1-2-3-12(9-14)11-6-4-10(8-13)5-7-11/h4-7,12H,2-3H2,1H3. The minimum absolute atomic E-state index is 0.146. The number of carbonyl (C=O) groups excluding carboxylic acids is 1. The van der Waals surface area contributed by atoms with Crippen LogP contribution in [-0.2, 0) is 4.79 Å². The Labute approximate surface area is 84.2 Å². The first-order valence-electron chi connectivity index (χ1n) is 4.69. The first-order chi connectivity index (χ1) is 6.81. The van der Waals surface area contributed by atoms with Crippen molar-refractivity contribution in [1.29, 1.82) is 5.26 Å². The molecular formula is C12H12NO. The Morgan fingerprint density at radius 3 is 2.43 bits per heavy atom. The summed E-state index contributed by atoms with van der Waals surface area (Å²) in [7, 11) is 0. The Balaban J connectivity index is 2.84. The van der Waals surface area contributed by atoms with Gasteiger partial charge in [-0.3, -0.25) is 4.79 Å². The zero-order valence-electron chi connectivity index (χ0n) is 8.16. The van der Waals surface area contributed by atoms with E-state index in [1.807, 2.05) is 31.4 Å². The van der Waals surface area contributed by atoms with Gasteiger partial charge in [0.25, 0.3) is 0 Å². The molecule has 0 aliphatic carbocycles. The van der Waals surface area contributed by atoms with Gasteiger partial charge in [-0.1, -0.05) is 25.5 Å². The molecule has 1 atom stereocenters. The molecule has 0 N–H and O–H groups in total. The molecule has 0 saturated heterocycles. The lowest BCUT2D eigenvalue weighted by atomic mass is 9.95. The SMILES string of the molecule is CCCC([C]=O)c1ccc(C#N)cc1. The van der Waals surface area contributed by atoms with E-state index >= 15 is 0 Å². The number of hydrogen-bond acceptors (Lipinski definition) is 2. The van der Waals surface area contributed by atoms with Crippen LogP contribution in [0.25, 0.3) is 0 Å². The van der Waals surface area contributed by atoms with Gasteiger partial charge in [0.1, 0.15) is 0 Å². The lowest BCUT2D eigenvalue weighted by molar-refractivity contribution is 0.536. The summed E-state index contributed by atoms with van der Waals surface area (Å²) in [5.41, 5.74) is 1.57. The van der Waals surface area contributed by atoms with Crippen molar-refractivity contribution in [3.05, 3.63) is 35.4 Å². The molecule has 1 rings (SSSR count). The van der Waals surface area contributed by atoms with E-state index in [1.54, 1.807) is 12.1 Å². The molecule has 0 amide bonds. The number of nitrogens with zero attached hydrogens (tertiary/aromatic N) is 1. The topological polar surface area (TPSA) is 40.9 Å². The van der Waals surface area contributed by atoms with Crippen LogP contribution in [0.3, 0.4) is 0 Å². The maximum atomic E-state index is 10.7. The predicted molar refractivity (Wildman–Crippen MR) is 54.5 cm³/mol. The van der Waals surface area contributed by atoms with Gasteiger partial charge in [0.05, 0.1) is 17.6 Å². The Morgan fingerprint density at radius 1 is 1.36 bits per heavy atom. The molecule has 1 aromatic carbocycles. The third-order valence-corrected chi connectivity index (χ3v) is 2.16. The number of benzene rings is 1. The first kappa shape index (κ1) is 10.5. The summed E-state index contributed by atoms with van der Waals surface area (Å²) in [6.45, 7) is 2.04. The Kier molecular flexibility index (Phi) is 3.87. The van der Waals surface area contributed by atoms with Crippen LogP contribution in [0.5, 0.6) is 0 Å². The monoisotopic (exact) mass is 186 g/mol. The van der Waals surface area contributed by atoms with Crippen molar-refractivity contribution in [2.24, 2.45) is 0 Å². The van der Waals surface area contributed by atoms with Crippen LogP contribution in [0, 0.1) is 11.3 Å². The summed E-state index contributed by atoms with van der Waals surface area (Å²) < 4.78 is 0. The maximum Gasteiger partial charge on any atom is 0.206 e. The van der Waals surface area contributed by atoms with E-state index in [0.29, 0.717) is 5.56 Å². The quantitative estimate of drug-likeness (QED) is 0.725. The van der Waals surface area contributed by atoms with E-state index in [-0.39, 0.29) is 5.92 Å². The number of rotatable bonds is 4. The second-order valence-corrected chi connectivity index (χ2v) is 3.19. The maximum absolute atomic E-state index is 10.7. The van der Waals surface area contributed by atoms with Crippen LogP contribution in [0.4, 0.5) is 0 Å². The molecule has 0 fully saturated rings. The molecule has 0 aromatic heterocycles. The van der Waals surface area contributed by atoms with E-state index in [4.69, 9.17) is 5.26 Å². The molecule has 71 valence electrons. The molecular weight excluding hydrogens is 174 g/mol. The molecule has 0 aliphatic rings. The van der Waals surface area contributed by atoms with Crippen molar-refractivity contribution in [3.63, 3.8) is 0 Å². The smallest absolute Gasteiger partial charge is 0.206 e. The van der Waals surface area contributed by atoms with E-state index < -0.39 is 0 Å². The molecule has 1 aromatic rings. The molecule has 1 radical (unpaired) electrons. The van der Waals surface area contributed by atoms with Crippen molar-refractivity contribution in [2.45, 2.75) is 25.7 Å². The second kappa shape index (κ2) is 5.18. The van der Waals surface area contributed by atoms with Gasteiger partial charge in [-0.15, -0.1) is 0 Å². The Morgan fingerprint density at radius 2 is 2.00 bits per heavy atom. The van der Waals surface area contributed by atoms with Crippen LogP contribution < -0.4 is 0 Å². The van der Waals surface area contributed by atoms with Gasteiger partial charge in [-0.05, 0) is 24.1 Å². The highest BCUT2D eigenvalue weighted by Gasteiger charge is 2.09. The summed E-state index contributed by atoms with van der Waals surface area (Å²) >= 11 is 0. The summed E-state index contributed by atoms with van der Waals surface area (Å²) in [6, 6.07) is 9.15. The minimum atomic E-state index is -0.146. The average Bonchev–Trinajstić information content (AvgIpc) is 2.26. The minimum Gasteiger partial charge on any atom is -0.290 e. The molecule has 0 saturated carbocycles. The van der Waals surface area contributed by atoms with Crippen molar-refractivity contribution in [2.75, 3.05) is 0 Å². The normalized spacial score (nSPS) is 11.7. The molecule has 0 aliphatic heterocycles. The largest absolute Gasteiger partial charge is 0.290 e. The third-order valence-electron chi connectivity index (χ3n) is 2.16. The van der Waals surface area contributed by atoms with Crippen LogP contribution in [0.2, 0.25) is 0 Å². The van der Waals surface area contributed by atoms with Crippen molar-refractivity contribution < 1.29 is 4.79 Å². The van der Waals surface area contributed by atoms with Gasteiger partial charge in [0.15, 0.2) is 0 Å². The highest BCUT2D eigenvalue weighted by Crippen LogP contribution is 2.19. The third kappa shape index (κ3) is 2.43. The molecule has 0 spiro atoms. The van der Waals surface area contributed by atoms with Gasteiger partial charge in [-0.25, -0.2) is 0 Å². The summed E-state index contributed by atoms with van der Waals surface area (Å²) in [6.07, 6.45) is 3.80. The fourth-order valence-corrected chi connectivity index (χ4v) is 1.37. The summed E-state index contributed by atoms with van der Waals surface area (Å²) in [5.74, 6) is -0.146. The molecule has 0 heterocycles. The average molecular weight is 186 g/mol. The highest BCUT2D eigenvalue weighted by molar-refractivity contribution is 5.63. The molecule has 14 heavy (non-hydrogen) atoms. The summed E-state index contributed by atoms with van der Waals surface area (Å²) in [5, 5.41) is 8.60. The van der Waals surface area contributed by atoms with E-state index in [1.165, 1.54) is 0 Å². The molecule has 2 nitrogen and oxygen atoms in total. The van der Waals surface area contributed by atoms with Gasteiger partial charge in [0, 0.05) is 0 Å². The Hall–Kier alpha value is -1.62. The van der Waals surface area contributed by atoms with E-state index in [0.717, 1.165) is 18.4 Å².